The van der Waals surface area contributed by atoms with Gasteiger partial charge in [-0.1, -0.05) is 12.1 Å². The number of methoxy groups -OCH3 is 2. The number of aromatic nitrogens is 2. The second kappa shape index (κ2) is 11.2. The molecule has 0 fully saturated rings. The average Bonchev–Trinajstić information content (AvgIpc) is 3.58. The number of imidazole rings is 1. The number of hydrogen-bond donors (Lipinski definition) is 3. The molecule has 2 aromatic carbocycles. The standard InChI is InChI=1S/C26H29N3O4S/c1-17(19-8-11-23(31-2)24(13-19)32-3)27-14-20(30)16-33-21-9-6-18(7-10-21)26-28-15-22(29-26)25-5-4-12-34-25/h4-13,15,17,20,27,30H,14,16H2,1-3H3,(H,28,29). The Kier molecular flexibility index (Phi) is 7.84. The van der Waals surface area contributed by atoms with Gasteiger partial charge in [0.05, 0.1) is 31.0 Å². The lowest BCUT2D eigenvalue weighted by Gasteiger charge is -2.19. The summed E-state index contributed by atoms with van der Waals surface area (Å²) in [5, 5.41) is 15.7. The molecule has 0 amide bonds. The van der Waals surface area contributed by atoms with Crippen molar-refractivity contribution in [2.75, 3.05) is 27.4 Å². The van der Waals surface area contributed by atoms with Gasteiger partial charge in [0.15, 0.2) is 11.5 Å². The van der Waals surface area contributed by atoms with Gasteiger partial charge in [0.1, 0.15) is 24.3 Å². The minimum absolute atomic E-state index is 0.0288. The van der Waals surface area contributed by atoms with E-state index in [0.29, 0.717) is 23.8 Å². The summed E-state index contributed by atoms with van der Waals surface area (Å²) in [7, 11) is 3.23. The van der Waals surface area contributed by atoms with E-state index in [2.05, 4.69) is 21.4 Å². The molecule has 0 aliphatic rings. The van der Waals surface area contributed by atoms with Gasteiger partial charge in [-0.3, -0.25) is 0 Å². The Labute approximate surface area is 203 Å². The van der Waals surface area contributed by atoms with Crippen molar-refractivity contribution < 1.29 is 19.3 Å². The highest BCUT2D eigenvalue weighted by atomic mass is 32.1. The monoisotopic (exact) mass is 479 g/mol. The first kappa shape index (κ1) is 23.8. The number of rotatable bonds is 11. The van der Waals surface area contributed by atoms with E-state index in [1.165, 1.54) is 0 Å². The van der Waals surface area contributed by atoms with Crippen LogP contribution >= 0.6 is 11.3 Å². The number of nitrogens with one attached hydrogen (secondary N) is 2. The summed E-state index contributed by atoms with van der Waals surface area (Å²) in [6, 6.07) is 17.6. The summed E-state index contributed by atoms with van der Waals surface area (Å²) >= 11 is 1.67. The van der Waals surface area contributed by atoms with E-state index in [1.807, 2.05) is 67.0 Å². The molecule has 8 heteroatoms. The van der Waals surface area contributed by atoms with Gasteiger partial charge in [-0.2, -0.15) is 0 Å². The Morgan fingerprint density at radius 1 is 1.06 bits per heavy atom. The van der Waals surface area contributed by atoms with Crippen LogP contribution < -0.4 is 19.5 Å². The third-order valence-electron chi connectivity index (χ3n) is 5.50. The Hall–Kier alpha value is -3.33. The number of aromatic amines is 1. The zero-order valence-electron chi connectivity index (χ0n) is 19.4. The van der Waals surface area contributed by atoms with E-state index >= 15 is 0 Å². The van der Waals surface area contributed by atoms with Crippen molar-refractivity contribution in [3.05, 3.63) is 71.7 Å². The average molecular weight is 480 g/mol. The van der Waals surface area contributed by atoms with Crippen molar-refractivity contribution in [2.24, 2.45) is 0 Å². The van der Waals surface area contributed by atoms with E-state index in [1.54, 1.807) is 25.6 Å². The number of nitrogens with zero attached hydrogens (tertiary/aromatic N) is 1. The Balaban J connectivity index is 1.26. The van der Waals surface area contributed by atoms with Crippen molar-refractivity contribution in [2.45, 2.75) is 19.1 Å². The molecule has 0 aliphatic heterocycles. The zero-order chi connectivity index (χ0) is 23.9. The van der Waals surface area contributed by atoms with Gasteiger partial charge in [-0.15, -0.1) is 11.3 Å². The quantitative estimate of drug-likeness (QED) is 0.283. The molecule has 3 N–H and O–H groups in total. The van der Waals surface area contributed by atoms with Crippen LogP contribution in [0.2, 0.25) is 0 Å². The normalized spacial score (nSPS) is 12.8. The molecule has 0 radical (unpaired) electrons. The van der Waals surface area contributed by atoms with Crippen molar-refractivity contribution in [3.8, 4) is 39.2 Å². The largest absolute Gasteiger partial charge is 0.493 e. The van der Waals surface area contributed by atoms with E-state index in [4.69, 9.17) is 14.2 Å². The van der Waals surface area contributed by atoms with Crippen LogP contribution in [-0.2, 0) is 0 Å². The lowest BCUT2D eigenvalue weighted by atomic mass is 10.1. The molecular weight excluding hydrogens is 450 g/mol. The third-order valence-corrected chi connectivity index (χ3v) is 6.40. The fourth-order valence-electron chi connectivity index (χ4n) is 3.54. The Morgan fingerprint density at radius 2 is 1.85 bits per heavy atom. The van der Waals surface area contributed by atoms with Crippen LogP contribution in [0.1, 0.15) is 18.5 Å². The predicted octanol–water partition coefficient (Wildman–Crippen LogP) is 4.91. The molecule has 0 aliphatic carbocycles. The molecule has 4 aromatic rings. The van der Waals surface area contributed by atoms with Gasteiger partial charge in [0, 0.05) is 18.2 Å². The second-order valence-corrected chi connectivity index (χ2v) is 8.80. The lowest BCUT2D eigenvalue weighted by Crippen LogP contribution is -2.33. The van der Waals surface area contributed by atoms with Crippen LogP contribution in [0.5, 0.6) is 17.2 Å². The fourth-order valence-corrected chi connectivity index (χ4v) is 4.23. The first-order valence-electron chi connectivity index (χ1n) is 11.0. The molecule has 7 nitrogen and oxygen atoms in total. The summed E-state index contributed by atoms with van der Waals surface area (Å²) in [5.74, 6) is 2.87. The van der Waals surface area contributed by atoms with Crippen molar-refractivity contribution >= 4 is 11.3 Å². The molecule has 0 bridgehead atoms. The summed E-state index contributed by atoms with van der Waals surface area (Å²) in [6.45, 7) is 2.62. The minimum Gasteiger partial charge on any atom is -0.493 e. The first-order chi connectivity index (χ1) is 16.6. The molecule has 34 heavy (non-hydrogen) atoms. The molecule has 2 unspecified atom stereocenters. The van der Waals surface area contributed by atoms with Gasteiger partial charge < -0.3 is 29.6 Å². The molecule has 2 aromatic heterocycles. The first-order valence-corrected chi connectivity index (χ1v) is 11.9. The summed E-state index contributed by atoms with van der Waals surface area (Å²) in [6.07, 6.45) is 1.19. The molecule has 4 rings (SSSR count). The van der Waals surface area contributed by atoms with Crippen LogP contribution in [0.15, 0.2) is 66.2 Å². The van der Waals surface area contributed by atoms with Gasteiger partial charge in [0.25, 0.3) is 0 Å². The van der Waals surface area contributed by atoms with E-state index in [-0.39, 0.29) is 12.6 Å². The maximum absolute atomic E-state index is 10.4. The molecule has 0 spiro atoms. The number of ether oxygens (including phenoxy) is 3. The van der Waals surface area contributed by atoms with Gasteiger partial charge in [-0.25, -0.2) is 4.98 Å². The molecule has 2 atom stereocenters. The Bertz CT molecular complexity index is 1180. The van der Waals surface area contributed by atoms with Crippen LogP contribution in [-0.4, -0.2) is 48.5 Å². The van der Waals surface area contributed by atoms with Crippen molar-refractivity contribution in [1.29, 1.82) is 0 Å². The second-order valence-electron chi connectivity index (χ2n) is 7.86. The zero-order valence-corrected chi connectivity index (χ0v) is 20.3. The van der Waals surface area contributed by atoms with Crippen LogP contribution in [0.4, 0.5) is 0 Å². The SMILES string of the molecule is COc1ccc(C(C)NCC(O)COc2ccc(-c3ncc(-c4cccs4)[nH]3)cc2)cc1OC. The molecule has 0 saturated heterocycles. The highest BCUT2D eigenvalue weighted by Crippen LogP contribution is 2.30. The predicted molar refractivity (Wildman–Crippen MR) is 135 cm³/mol. The highest BCUT2D eigenvalue weighted by molar-refractivity contribution is 7.13. The van der Waals surface area contributed by atoms with E-state index < -0.39 is 6.10 Å². The van der Waals surface area contributed by atoms with Crippen LogP contribution in [0, 0.1) is 0 Å². The number of benzene rings is 2. The maximum Gasteiger partial charge on any atom is 0.161 e. The fraction of sp³-hybridized carbons (Fsp3) is 0.269. The van der Waals surface area contributed by atoms with Crippen molar-refractivity contribution in [1.82, 2.24) is 15.3 Å². The van der Waals surface area contributed by atoms with Crippen molar-refractivity contribution in [3.63, 3.8) is 0 Å². The van der Waals surface area contributed by atoms with E-state index in [9.17, 15) is 5.11 Å². The number of hydrogen-bond acceptors (Lipinski definition) is 7. The summed E-state index contributed by atoms with van der Waals surface area (Å²) < 4.78 is 16.4. The summed E-state index contributed by atoms with van der Waals surface area (Å²) in [5.41, 5.74) is 3.02. The van der Waals surface area contributed by atoms with E-state index in [0.717, 1.165) is 27.5 Å². The molecule has 178 valence electrons. The maximum atomic E-state index is 10.4. The number of H-pyrrole nitrogens is 1. The van der Waals surface area contributed by atoms with Crippen LogP contribution in [0.25, 0.3) is 22.0 Å². The van der Waals surface area contributed by atoms with Gasteiger partial charge in [-0.05, 0) is 60.3 Å². The lowest BCUT2D eigenvalue weighted by molar-refractivity contribution is 0.104. The smallest absolute Gasteiger partial charge is 0.161 e. The minimum atomic E-state index is -0.652. The van der Waals surface area contributed by atoms with Crippen LogP contribution in [0.3, 0.4) is 0 Å². The molecular formula is C26H29N3O4S. The highest BCUT2D eigenvalue weighted by Gasteiger charge is 2.13. The molecule has 0 saturated carbocycles. The molecule has 2 heterocycles. The number of aliphatic hydroxyl groups excluding tert-OH is 1. The third kappa shape index (κ3) is 5.77. The van der Waals surface area contributed by atoms with Gasteiger partial charge >= 0.3 is 0 Å². The number of thiophene rings is 1. The summed E-state index contributed by atoms with van der Waals surface area (Å²) in [4.78, 5) is 8.99. The Morgan fingerprint density at radius 3 is 2.56 bits per heavy atom. The van der Waals surface area contributed by atoms with Gasteiger partial charge in [0.2, 0.25) is 0 Å². The topological polar surface area (TPSA) is 88.6 Å². The number of aliphatic hydroxyl groups is 1.